The van der Waals surface area contributed by atoms with E-state index in [2.05, 4.69) is 33.4 Å². The second-order valence-electron chi connectivity index (χ2n) is 4.29. The lowest BCUT2D eigenvalue weighted by Crippen LogP contribution is -2.06. The Labute approximate surface area is 93.0 Å². The highest BCUT2D eigenvalue weighted by Gasteiger charge is 2.10. The van der Waals surface area contributed by atoms with Gasteiger partial charge in [-0.2, -0.15) is 0 Å². The van der Waals surface area contributed by atoms with Crippen LogP contribution in [-0.4, -0.2) is 0 Å². The minimum absolute atomic E-state index is 0.500. The molecule has 0 aliphatic heterocycles. The van der Waals surface area contributed by atoms with E-state index >= 15 is 0 Å². The van der Waals surface area contributed by atoms with Gasteiger partial charge in [0.1, 0.15) is 0 Å². The maximum absolute atomic E-state index is 6.02. The third kappa shape index (κ3) is 2.85. The zero-order valence-electron chi connectivity index (χ0n) is 10.0. The highest BCUT2D eigenvalue weighted by atomic mass is 14.6. The molecule has 0 bridgehead atoms. The van der Waals surface area contributed by atoms with Gasteiger partial charge in [-0.1, -0.05) is 38.1 Å². The van der Waals surface area contributed by atoms with Gasteiger partial charge in [0.25, 0.3) is 0 Å². The average Bonchev–Trinajstić information content (AvgIpc) is 2.20. The molecular weight excluding hydrogens is 182 g/mol. The Morgan fingerprint density at radius 3 is 2.67 bits per heavy atom. The van der Waals surface area contributed by atoms with Gasteiger partial charge in [-0.3, -0.25) is 0 Å². The molecule has 82 valence electrons. The molecule has 1 heteroatoms. The molecule has 0 fully saturated rings. The number of hydrogen-bond acceptors (Lipinski definition) is 1. The highest BCUT2D eigenvalue weighted by Crippen LogP contribution is 2.23. The lowest BCUT2D eigenvalue weighted by atomic mass is 9.91. The summed E-state index contributed by atoms with van der Waals surface area (Å²) >= 11 is 0. The van der Waals surface area contributed by atoms with Crippen LogP contribution in [0.2, 0.25) is 0 Å². The van der Waals surface area contributed by atoms with E-state index in [1.54, 1.807) is 0 Å². The molecule has 0 saturated carbocycles. The summed E-state index contributed by atoms with van der Waals surface area (Å²) in [7, 11) is 0. The summed E-state index contributed by atoms with van der Waals surface area (Å²) in [4.78, 5) is 0. The molecule has 15 heavy (non-hydrogen) atoms. The van der Waals surface area contributed by atoms with E-state index in [0.29, 0.717) is 5.92 Å². The minimum atomic E-state index is 0.500. The van der Waals surface area contributed by atoms with Crippen LogP contribution in [0.5, 0.6) is 0 Å². The third-order valence-corrected chi connectivity index (χ3v) is 3.04. The van der Waals surface area contributed by atoms with E-state index in [-0.39, 0.29) is 0 Å². The van der Waals surface area contributed by atoms with Crippen molar-refractivity contribution in [1.29, 1.82) is 0 Å². The Morgan fingerprint density at radius 1 is 1.47 bits per heavy atom. The smallest absolute Gasteiger partial charge is 0.0349 e. The van der Waals surface area contributed by atoms with Crippen molar-refractivity contribution in [2.45, 2.75) is 33.6 Å². The number of aryl methyl sites for hydroxylation is 1. The highest BCUT2D eigenvalue weighted by molar-refractivity contribution is 5.51. The fourth-order valence-electron chi connectivity index (χ4n) is 1.72. The summed E-state index contributed by atoms with van der Waals surface area (Å²) < 4.78 is 0. The van der Waals surface area contributed by atoms with Gasteiger partial charge in [0.2, 0.25) is 0 Å². The largest absolute Gasteiger partial charge is 0.398 e. The van der Waals surface area contributed by atoms with Crippen LogP contribution in [0.1, 0.15) is 31.9 Å². The molecule has 0 aliphatic rings. The molecule has 0 amide bonds. The number of anilines is 1. The van der Waals surface area contributed by atoms with E-state index in [1.807, 2.05) is 12.1 Å². The second-order valence-corrected chi connectivity index (χ2v) is 4.29. The lowest BCUT2D eigenvalue weighted by molar-refractivity contribution is 0.677. The first-order valence-electron chi connectivity index (χ1n) is 5.57. The van der Waals surface area contributed by atoms with Gasteiger partial charge in [-0.15, -0.1) is 0 Å². The Hall–Kier alpha value is -1.24. The van der Waals surface area contributed by atoms with Gasteiger partial charge in [-0.25, -0.2) is 0 Å². The number of benzene rings is 1. The number of hydrogen-bond donors (Lipinski definition) is 1. The summed E-state index contributed by atoms with van der Waals surface area (Å²) in [5, 5.41) is 0. The summed E-state index contributed by atoms with van der Waals surface area (Å²) in [5.41, 5.74) is 10.8. The number of nitrogens with two attached hydrogens (primary N) is 1. The number of rotatable bonds is 4. The summed E-state index contributed by atoms with van der Waals surface area (Å²) in [6, 6.07) is 6.18. The van der Waals surface area contributed by atoms with Crippen LogP contribution in [0.3, 0.4) is 0 Å². The summed E-state index contributed by atoms with van der Waals surface area (Å²) in [6.07, 6.45) is 2.05. The van der Waals surface area contributed by atoms with Crippen LogP contribution in [0, 0.1) is 5.92 Å². The molecule has 1 aromatic carbocycles. The van der Waals surface area contributed by atoms with Gasteiger partial charge in [0.05, 0.1) is 0 Å². The fraction of sp³-hybridized carbons (Fsp3) is 0.429. The maximum Gasteiger partial charge on any atom is 0.0349 e. The van der Waals surface area contributed by atoms with Crippen LogP contribution in [0.4, 0.5) is 5.69 Å². The molecule has 1 nitrogen and oxygen atoms in total. The van der Waals surface area contributed by atoms with Crippen molar-refractivity contribution in [3.05, 3.63) is 41.5 Å². The molecule has 1 unspecified atom stereocenters. The molecule has 0 aliphatic carbocycles. The van der Waals surface area contributed by atoms with Crippen molar-refractivity contribution < 1.29 is 0 Å². The monoisotopic (exact) mass is 203 g/mol. The SMILES string of the molecule is C=C(C)C(C)Cc1c(N)cccc1CC. The first-order chi connectivity index (χ1) is 7.06. The van der Waals surface area contributed by atoms with Crippen molar-refractivity contribution >= 4 is 5.69 Å². The predicted octanol–water partition coefficient (Wildman–Crippen LogP) is 3.59. The Balaban J connectivity index is 2.97. The molecule has 0 aromatic heterocycles. The predicted molar refractivity (Wildman–Crippen MR) is 67.9 cm³/mol. The zero-order valence-corrected chi connectivity index (χ0v) is 10.0. The van der Waals surface area contributed by atoms with Crippen LogP contribution in [-0.2, 0) is 12.8 Å². The third-order valence-electron chi connectivity index (χ3n) is 3.04. The Bertz CT molecular complexity index is 352. The first-order valence-corrected chi connectivity index (χ1v) is 5.57. The topological polar surface area (TPSA) is 26.0 Å². The van der Waals surface area contributed by atoms with E-state index in [9.17, 15) is 0 Å². The van der Waals surface area contributed by atoms with Crippen molar-refractivity contribution in [2.24, 2.45) is 5.92 Å². The van der Waals surface area contributed by atoms with E-state index < -0.39 is 0 Å². The fourth-order valence-corrected chi connectivity index (χ4v) is 1.72. The average molecular weight is 203 g/mol. The van der Waals surface area contributed by atoms with Gasteiger partial charge in [-0.05, 0) is 42.9 Å². The summed E-state index contributed by atoms with van der Waals surface area (Å²) in [6.45, 7) is 10.4. The molecular formula is C14H21N. The quantitative estimate of drug-likeness (QED) is 0.587. The van der Waals surface area contributed by atoms with Crippen LogP contribution in [0.25, 0.3) is 0 Å². The summed E-state index contributed by atoms with van der Waals surface area (Å²) in [5.74, 6) is 0.500. The molecule has 0 heterocycles. The van der Waals surface area contributed by atoms with Gasteiger partial charge in [0.15, 0.2) is 0 Å². The first kappa shape index (κ1) is 11.8. The molecule has 1 aromatic rings. The number of allylic oxidation sites excluding steroid dienone is 1. The zero-order chi connectivity index (χ0) is 11.4. The molecule has 2 N–H and O–H groups in total. The van der Waals surface area contributed by atoms with E-state index in [1.165, 1.54) is 16.7 Å². The van der Waals surface area contributed by atoms with Gasteiger partial charge in [0, 0.05) is 5.69 Å². The minimum Gasteiger partial charge on any atom is -0.398 e. The maximum atomic E-state index is 6.02. The van der Waals surface area contributed by atoms with Crippen molar-refractivity contribution in [1.82, 2.24) is 0 Å². The molecule has 0 radical (unpaired) electrons. The van der Waals surface area contributed by atoms with E-state index in [4.69, 9.17) is 5.73 Å². The van der Waals surface area contributed by atoms with Gasteiger partial charge >= 0.3 is 0 Å². The molecule has 1 rings (SSSR count). The van der Waals surface area contributed by atoms with E-state index in [0.717, 1.165) is 18.5 Å². The Morgan fingerprint density at radius 2 is 2.13 bits per heavy atom. The van der Waals surface area contributed by atoms with Crippen LogP contribution in [0.15, 0.2) is 30.4 Å². The van der Waals surface area contributed by atoms with Crippen molar-refractivity contribution in [2.75, 3.05) is 5.73 Å². The normalized spacial score (nSPS) is 12.5. The number of nitrogen functional groups attached to an aromatic ring is 1. The standard InChI is InChI=1S/C14H21N/c1-5-12-7-6-8-14(15)13(12)9-11(4)10(2)3/h6-8,11H,2,5,9,15H2,1,3-4H3. The molecule has 0 saturated heterocycles. The Kier molecular flexibility index (Phi) is 3.96. The lowest BCUT2D eigenvalue weighted by Gasteiger charge is -2.16. The van der Waals surface area contributed by atoms with Gasteiger partial charge < -0.3 is 5.73 Å². The van der Waals surface area contributed by atoms with Crippen molar-refractivity contribution in [3.8, 4) is 0 Å². The van der Waals surface area contributed by atoms with Crippen LogP contribution < -0.4 is 5.73 Å². The van der Waals surface area contributed by atoms with Crippen molar-refractivity contribution in [3.63, 3.8) is 0 Å². The second kappa shape index (κ2) is 5.01. The molecule has 0 spiro atoms. The van der Waals surface area contributed by atoms with Crippen LogP contribution >= 0.6 is 0 Å². The molecule has 1 atom stereocenters.